The minimum atomic E-state index is -0.0475. The van der Waals surface area contributed by atoms with E-state index in [0.29, 0.717) is 0 Å². The Labute approximate surface area is 149 Å². The average Bonchev–Trinajstić information content (AvgIpc) is 2.60. The number of amides is 1. The van der Waals surface area contributed by atoms with E-state index in [9.17, 15) is 4.79 Å². The van der Waals surface area contributed by atoms with Crippen LogP contribution >= 0.6 is 0 Å². The maximum absolute atomic E-state index is 12.8. The van der Waals surface area contributed by atoms with Crippen LogP contribution in [0.25, 0.3) is 0 Å². The molecule has 0 aliphatic carbocycles. The number of carbonyl (C=O) groups is 1. The molecule has 2 heteroatoms. The lowest BCUT2D eigenvalue weighted by Gasteiger charge is -2.11. The van der Waals surface area contributed by atoms with Crippen molar-refractivity contribution in [3.63, 3.8) is 0 Å². The summed E-state index contributed by atoms with van der Waals surface area (Å²) in [5.74, 6) is -0.0475. The number of rotatable bonds is 5. The number of anilines is 1. The van der Waals surface area contributed by atoms with Crippen molar-refractivity contribution in [3.05, 3.63) is 101 Å². The van der Waals surface area contributed by atoms with Gasteiger partial charge in [0, 0.05) is 11.3 Å². The van der Waals surface area contributed by atoms with Gasteiger partial charge in [0.2, 0.25) is 0 Å². The van der Waals surface area contributed by atoms with Gasteiger partial charge in [-0.3, -0.25) is 4.79 Å². The molecule has 1 amide bonds. The molecule has 0 aliphatic heterocycles. The lowest BCUT2D eigenvalue weighted by molar-refractivity contribution is 0.102. The summed E-state index contributed by atoms with van der Waals surface area (Å²) in [5.41, 5.74) is 6.25. The van der Waals surface area contributed by atoms with Gasteiger partial charge < -0.3 is 5.32 Å². The third kappa shape index (κ3) is 4.57. The van der Waals surface area contributed by atoms with Crippen LogP contribution in [0.3, 0.4) is 0 Å². The van der Waals surface area contributed by atoms with Crippen LogP contribution in [-0.2, 0) is 12.8 Å². The van der Waals surface area contributed by atoms with Crippen LogP contribution in [0.2, 0.25) is 0 Å². The maximum atomic E-state index is 12.8. The van der Waals surface area contributed by atoms with E-state index < -0.39 is 0 Å². The van der Waals surface area contributed by atoms with Gasteiger partial charge in [0.05, 0.1) is 0 Å². The van der Waals surface area contributed by atoms with Crippen LogP contribution in [0.15, 0.2) is 72.8 Å². The topological polar surface area (TPSA) is 29.1 Å². The predicted octanol–water partition coefficient (Wildman–Crippen LogP) is 5.34. The monoisotopic (exact) mass is 329 g/mol. The van der Waals surface area contributed by atoms with Crippen LogP contribution < -0.4 is 5.32 Å². The molecular weight excluding hydrogens is 306 g/mol. The largest absolute Gasteiger partial charge is 0.322 e. The molecule has 0 bridgehead atoms. The quantitative estimate of drug-likeness (QED) is 0.672. The molecule has 3 aromatic rings. The van der Waals surface area contributed by atoms with E-state index >= 15 is 0 Å². The molecule has 0 radical (unpaired) electrons. The first kappa shape index (κ1) is 17.0. The van der Waals surface area contributed by atoms with Gasteiger partial charge in [0.1, 0.15) is 0 Å². The van der Waals surface area contributed by atoms with Crippen molar-refractivity contribution in [3.8, 4) is 0 Å². The van der Waals surface area contributed by atoms with Gasteiger partial charge in [-0.1, -0.05) is 54.6 Å². The number of hydrogen-bond acceptors (Lipinski definition) is 1. The molecule has 0 atom stereocenters. The molecular formula is C23H23NO. The number of nitrogens with one attached hydrogen (secondary N) is 1. The molecule has 2 nitrogen and oxygen atoms in total. The van der Waals surface area contributed by atoms with Crippen molar-refractivity contribution in [1.29, 1.82) is 0 Å². The fourth-order valence-corrected chi connectivity index (χ4v) is 3.13. The normalized spacial score (nSPS) is 10.5. The summed E-state index contributed by atoms with van der Waals surface area (Å²) in [6, 6.07) is 24.3. The predicted molar refractivity (Wildman–Crippen MR) is 104 cm³/mol. The molecule has 1 N–H and O–H groups in total. The molecule has 0 saturated heterocycles. The van der Waals surface area contributed by atoms with Crippen LogP contribution in [-0.4, -0.2) is 5.91 Å². The van der Waals surface area contributed by atoms with Crippen LogP contribution in [0, 0.1) is 13.8 Å². The SMILES string of the molecule is Cc1cc(C)cc(NC(=O)c2ccccc2CCc2ccccc2)c1. The van der Waals surface area contributed by atoms with E-state index in [1.165, 1.54) is 5.56 Å². The highest BCUT2D eigenvalue weighted by molar-refractivity contribution is 6.05. The number of aryl methyl sites for hydroxylation is 4. The Morgan fingerprint density at radius 3 is 2.16 bits per heavy atom. The second-order valence-corrected chi connectivity index (χ2v) is 6.47. The molecule has 0 unspecified atom stereocenters. The van der Waals surface area contributed by atoms with E-state index in [0.717, 1.165) is 40.8 Å². The summed E-state index contributed by atoms with van der Waals surface area (Å²) in [6.45, 7) is 4.08. The lowest BCUT2D eigenvalue weighted by Crippen LogP contribution is -2.14. The van der Waals surface area contributed by atoms with Crippen LogP contribution in [0.4, 0.5) is 5.69 Å². The molecule has 25 heavy (non-hydrogen) atoms. The molecule has 3 rings (SSSR count). The van der Waals surface area contributed by atoms with E-state index in [4.69, 9.17) is 0 Å². The Balaban J connectivity index is 1.76. The zero-order valence-corrected chi connectivity index (χ0v) is 14.8. The van der Waals surface area contributed by atoms with E-state index in [-0.39, 0.29) is 5.91 Å². The van der Waals surface area contributed by atoms with Gasteiger partial charge in [-0.25, -0.2) is 0 Å². The Morgan fingerprint density at radius 1 is 0.800 bits per heavy atom. The highest BCUT2D eigenvalue weighted by Crippen LogP contribution is 2.18. The van der Waals surface area contributed by atoms with Crippen molar-refractivity contribution in [2.45, 2.75) is 26.7 Å². The zero-order chi connectivity index (χ0) is 17.6. The third-order valence-corrected chi connectivity index (χ3v) is 4.27. The Morgan fingerprint density at radius 2 is 1.44 bits per heavy atom. The fourth-order valence-electron chi connectivity index (χ4n) is 3.13. The van der Waals surface area contributed by atoms with Crippen LogP contribution in [0.1, 0.15) is 32.6 Å². The summed E-state index contributed by atoms with van der Waals surface area (Å²) >= 11 is 0. The van der Waals surface area contributed by atoms with E-state index in [1.54, 1.807) is 0 Å². The summed E-state index contributed by atoms with van der Waals surface area (Å²) in [4.78, 5) is 12.8. The van der Waals surface area contributed by atoms with Crippen molar-refractivity contribution in [1.82, 2.24) is 0 Å². The number of benzene rings is 3. The standard InChI is InChI=1S/C23H23NO/c1-17-14-18(2)16-21(15-17)24-23(25)22-11-7-6-10-20(22)13-12-19-8-4-3-5-9-19/h3-11,14-16H,12-13H2,1-2H3,(H,24,25). The first-order chi connectivity index (χ1) is 12.1. The Kier molecular flexibility index (Phi) is 5.30. The minimum absolute atomic E-state index is 0.0475. The van der Waals surface area contributed by atoms with Gasteiger partial charge in [0.15, 0.2) is 0 Å². The zero-order valence-electron chi connectivity index (χ0n) is 14.8. The molecule has 126 valence electrons. The highest BCUT2D eigenvalue weighted by Gasteiger charge is 2.11. The van der Waals surface area contributed by atoms with Crippen molar-refractivity contribution >= 4 is 11.6 Å². The van der Waals surface area contributed by atoms with Gasteiger partial charge >= 0.3 is 0 Å². The van der Waals surface area contributed by atoms with Gasteiger partial charge in [-0.15, -0.1) is 0 Å². The molecule has 0 aliphatic rings. The third-order valence-electron chi connectivity index (χ3n) is 4.27. The van der Waals surface area contributed by atoms with Crippen molar-refractivity contribution in [2.75, 3.05) is 5.32 Å². The molecule has 3 aromatic carbocycles. The summed E-state index contributed by atoms with van der Waals surface area (Å²) in [5, 5.41) is 3.04. The fraction of sp³-hybridized carbons (Fsp3) is 0.174. The summed E-state index contributed by atoms with van der Waals surface area (Å²) < 4.78 is 0. The van der Waals surface area contributed by atoms with Crippen molar-refractivity contribution in [2.24, 2.45) is 0 Å². The molecule has 0 spiro atoms. The minimum Gasteiger partial charge on any atom is -0.322 e. The van der Waals surface area contributed by atoms with Gasteiger partial charge in [-0.2, -0.15) is 0 Å². The second-order valence-electron chi connectivity index (χ2n) is 6.47. The van der Waals surface area contributed by atoms with Gasteiger partial charge in [-0.05, 0) is 67.1 Å². The summed E-state index contributed by atoms with van der Waals surface area (Å²) in [6.07, 6.45) is 1.77. The van der Waals surface area contributed by atoms with Gasteiger partial charge in [0.25, 0.3) is 5.91 Å². The first-order valence-electron chi connectivity index (χ1n) is 8.63. The van der Waals surface area contributed by atoms with E-state index in [2.05, 4.69) is 23.5 Å². The highest BCUT2D eigenvalue weighted by atomic mass is 16.1. The maximum Gasteiger partial charge on any atom is 0.255 e. The van der Waals surface area contributed by atoms with E-state index in [1.807, 2.05) is 68.4 Å². The average molecular weight is 329 g/mol. The van der Waals surface area contributed by atoms with Crippen LogP contribution in [0.5, 0.6) is 0 Å². The Hall–Kier alpha value is -2.87. The second kappa shape index (κ2) is 7.80. The molecule has 0 fully saturated rings. The summed E-state index contributed by atoms with van der Waals surface area (Å²) in [7, 11) is 0. The lowest BCUT2D eigenvalue weighted by atomic mass is 9.99. The molecule has 0 heterocycles. The number of hydrogen-bond donors (Lipinski definition) is 1. The first-order valence-corrected chi connectivity index (χ1v) is 8.63. The Bertz CT molecular complexity index is 848. The smallest absolute Gasteiger partial charge is 0.255 e. The molecule has 0 aromatic heterocycles. The van der Waals surface area contributed by atoms with Crippen molar-refractivity contribution < 1.29 is 4.79 Å². The number of carbonyl (C=O) groups excluding carboxylic acids is 1. The molecule has 0 saturated carbocycles.